The number of thiophene rings is 1. The van der Waals surface area contributed by atoms with Crippen molar-refractivity contribution in [1.82, 2.24) is 9.97 Å². The third-order valence-corrected chi connectivity index (χ3v) is 7.64. The largest absolute Gasteiger partial charge is 0.491 e. The van der Waals surface area contributed by atoms with Crippen molar-refractivity contribution in [3.63, 3.8) is 0 Å². The SMILES string of the molecule is CCCCCOc1ccc(-c2nc(Nc3ncc(-c4cccs4)cc3C(=O)O)sc2CC(C)(C)C)cc1F. The van der Waals surface area contributed by atoms with Crippen LogP contribution in [0.25, 0.3) is 21.7 Å². The molecule has 0 radical (unpaired) electrons. The number of carbonyl (C=O) groups is 1. The van der Waals surface area contributed by atoms with Crippen LogP contribution in [0.3, 0.4) is 0 Å². The van der Waals surface area contributed by atoms with Crippen molar-refractivity contribution in [1.29, 1.82) is 0 Å². The Balaban J connectivity index is 1.65. The van der Waals surface area contributed by atoms with Gasteiger partial charge in [-0.25, -0.2) is 19.2 Å². The van der Waals surface area contributed by atoms with E-state index in [0.717, 1.165) is 41.0 Å². The van der Waals surface area contributed by atoms with Crippen molar-refractivity contribution >= 4 is 39.6 Å². The zero-order valence-corrected chi connectivity index (χ0v) is 23.6. The molecule has 0 bridgehead atoms. The monoisotopic (exact) mass is 553 g/mol. The predicted molar refractivity (Wildman–Crippen MR) is 153 cm³/mol. The van der Waals surface area contributed by atoms with Crippen molar-refractivity contribution in [2.75, 3.05) is 11.9 Å². The highest BCUT2D eigenvalue weighted by Crippen LogP contribution is 2.38. The summed E-state index contributed by atoms with van der Waals surface area (Å²) in [6, 6.07) is 10.4. The molecule has 0 saturated heterocycles. The van der Waals surface area contributed by atoms with Gasteiger partial charge < -0.3 is 15.2 Å². The summed E-state index contributed by atoms with van der Waals surface area (Å²) < 4.78 is 20.6. The molecule has 4 aromatic rings. The number of anilines is 2. The van der Waals surface area contributed by atoms with E-state index >= 15 is 0 Å². The van der Waals surface area contributed by atoms with Crippen molar-refractivity contribution in [3.8, 4) is 27.4 Å². The Kier molecular flexibility index (Phi) is 8.79. The van der Waals surface area contributed by atoms with Crippen molar-refractivity contribution < 1.29 is 19.0 Å². The number of hydrogen-bond donors (Lipinski definition) is 2. The number of hydrogen-bond acceptors (Lipinski definition) is 7. The Bertz CT molecular complexity index is 1390. The Labute approximate surface area is 230 Å². The Morgan fingerprint density at radius 1 is 1.16 bits per heavy atom. The fourth-order valence-electron chi connectivity index (χ4n) is 3.94. The van der Waals surface area contributed by atoms with E-state index in [4.69, 9.17) is 9.72 Å². The normalized spacial score (nSPS) is 11.5. The molecule has 38 heavy (non-hydrogen) atoms. The van der Waals surface area contributed by atoms with E-state index in [1.54, 1.807) is 18.3 Å². The van der Waals surface area contributed by atoms with Gasteiger partial charge in [-0.2, -0.15) is 0 Å². The minimum atomic E-state index is -1.08. The molecule has 3 heterocycles. The molecule has 0 aliphatic rings. The summed E-state index contributed by atoms with van der Waals surface area (Å²) in [5, 5.41) is 15.4. The van der Waals surface area contributed by atoms with Gasteiger partial charge in [-0.15, -0.1) is 22.7 Å². The first-order chi connectivity index (χ1) is 18.1. The highest BCUT2D eigenvalue weighted by atomic mass is 32.1. The second kappa shape index (κ2) is 12.0. The number of rotatable bonds is 11. The first kappa shape index (κ1) is 27.7. The molecule has 0 aliphatic carbocycles. The zero-order chi connectivity index (χ0) is 27.3. The number of aromatic carboxylic acids is 1. The van der Waals surface area contributed by atoms with E-state index < -0.39 is 11.8 Å². The molecule has 0 amide bonds. The highest BCUT2D eigenvalue weighted by molar-refractivity contribution is 7.16. The fourth-order valence-corrected chi connectivity index (χ4v) is 5.93. The predicted octanol–water partition coefficient (Wildman–Crippen LogP) is 8.67. The van der Waals surface area contributed by atoms with E-state index in [2.05, 4.69) is 38.0 Å². The van der Waals surface area contributed by atoms with Gasteiger partial charge in [0.2, 0.25) is 0 Å². The zero-order valence-electron chi connectivity index (χ0n) is 22.0. The number of halogens is 1. The van der Waals surface area contributed by atoms with E-state index in [9.17, 15) is 14.3 Å². The summed E-state index contributed by atoms with van der Waals surface area (Å²) >= 11 is 2.94. The van der Waals surface area contributed by atoms with Crippen LogP contribution in [0.1, 0.15) is 62.2 Å². The van der Waals surface area contributed by atoms with Crippen LogP contribution < -0.4 is 10.1 Å². The smallest absolute Gasteiger partial charge is 0.339 e. The van der Waals surface area contributed by atoms with Crippen LogP contribution in [-0.2, 0) is 6.42 Å². The molecule has 200 valence electrons. The second-order valence-electron chi connectivity index (χ2n) is 10.3. The van der Waals surface area contributed by atoms with E-state index in [1.165, 1.54) is 28.7 Å². The summed E-state index contributed by atoms with van der Waals surface area (Å²) in [6.07, 6.45) is 5.37. The number of benzene rings is 1. The molecular weight excluding hydrogens is 521 g/mol. The highest BCUT2D eigenvalue weighted by Gasteiger charge is 2.22. The van der Waals surface area contributed by atoms with Gasteiger partial charge in [-0.05, 0) is 54.0 Å². The number of ether oxygens (including phenoxy) is 1. The van der Waals surface area contributed by atoms with Crippen LogP contribution >= 0.6 is 22.7 Å². The van der Waals surface area contributed by atoms with Crippen LogP contribution in [0, 0.1) is 11.2 Å². The lowest BCUT2D eigenvalue weighted by atomic mass is 9.90. The number of carboxylic acids is 1. The molecular formula is C29H32FN3O3S2. The maximum Gasteiger partial charge on any atom is 0.339 e. The molecule has 1 aromatic carbocycles. The Hall–Kier alpha value is -3.30. The summed E-state index contributed by atoms with van der Waals surface area (Å²) in [7, 11) is 0. The van der Waals surface area contributed by atoms with Crippen LogP contribution in [0.5, 0.6) is 5.75 Å². The van der Waals surface area contributed by atoms with Gasteiger partial charge >= 0.3 is 5.97 Å². The number of thiazole rings is 1. The maximum atomic E-state index is 14.9. The molecule has 6 nitrogen and oxygen atoms in total. The molecule has 0 spiro atoms. The summed E-state index contributed by atoms with van der Waals surface area (Å²) in [5.41, 5.74) is 2.07. The Morgan fingerprint density at radius 2 is 1.97 bits per heavy atom. The fraction of sp³-hybridized carbons (Fsp3) is 0.345. The van der Waals surface area contributed by atoms with Gasteiger partial charge in [-0.1, -0.05) is 46.6 Å². The van der Waals surface area contributed by atoms with E-state index in [1.807, 2.05) is 23.6 Å². The topological polar surface area (TPSA) is 84.3 Å². The molecule has 0 aliphatic heterocycles. The Morgan fingerprint density at radius 3 is 2.63 bits per heavy atom. The first-order valence-corrected chi connectivity index (χ1v) is 14.3. The standard InChI is InChI=1S/C29H32FN3O3S2/c1-5-6-7-12-36-22-11-10-18(15-21(22)30)25-24(16-29(2,3)4)38-28(32-25)33-26-20(27(34)35)14-19(17-31-26)23-9-8-13-37-23/h8-11,13-15,17H,5-7,12,16H2,1-4H3,(H,34,35)(H,31,32,33). The summed E-state index contributed by atoms with van der Waals surface area (Å²) in [4.78, 5) is 23.1. The number of unbranched alkanes of at least 4 members (excludes halogenated alkanes) is 2. The molecule has 4 rings (SSSR count). The van der Waals surface area contributed by atoms with Crippen LogP contribution in [0.15, 0.2) is 48.0 Å². The second-order valence-corrected chi connectivity index (χ2v) is 12.3. The number of aromatic nitrogens is 2. The van der Waals surface area contributed by atoms with Crippen molar-refractivity contribution in [2.45, 2.75) is 53.4 Å². The summed E-state index contributed by atoms with van der Waals surface area (Å²) in [5.74, 6) is -1.07. The molecule has 0 unspecified atom stereocenters. The number of carboxylic acid groups (broad SMARTS) is 1. The van der Waals surface area contributed by atoms with Gasteiger partial charge in [-0.3, -0.25) is 0 Å². The minimum Gasteiger partial charge on any atom is -0.491 e. The van der Waals surface area contributed by atoms with E-state index in [-0.39, 0.29) is 22.5 Å². The average Bonchev–Trinajstić information content (AvgIpc) is 3.52. The van der Waals surface area contributed by atoms with Gasteiger partial charge in [0.1, 0.15) is 11.4 Å². The van der Waals surface area contributed by atoms with Gasteiger partial charge in [0.05, 0.1) is 12.3 Å². The maximum absolute atomic E-state index is 14.9. The van der Waals surface area contributed by atoms with Crippen molar-refractivity contribution in [3.05, 3.63) is 64.2 Å². The number of nitrogens with zero attached hydrogens (tertiary/aromatic N) is 2. The first-order valence-electron chi connectivity index (χ1n) is 12.6. The molecule has 0 fully saturated rings. The third kappa shape index (κ3) is 6.96. The van der Waals surface area contributed by atoms with Crippen molar-refractivity contribution in [2.24, 2.45) is 5.41 Å². The molecule has 0 saturated carbocycles. The molecule has 3 aromatic heterocycles. The summed E-state index contributed by atoms with van der Waals surface area (Å²) in [6.45, 7) is 8.98. The molecule has 2 N–H and O–H groups in total. The third-order valence-electron chi connectivity index (χ3n) is 5.75. The van der Waals surface area contributed by atoms with Gasteiger partial charge in [0.15, 0.2) is 16.7 Å². The van der Waals surface area contributed by atoms with Gasteiger partial charge in [0.25, 0.3) is 0 Å². The quantitative estimate of drug-likeness (QED) is 0.181. The van der Waals surface area contributed by atoms with Crippen LogP contribution in [0.4, 0.5) is 15.3 Å². The average molecular weight is 554 g/mol. The lowest BCUT2D eigenvalue weighted by molar-refractivity contribution is 0.0697. The number of nitrogens with one attached hydrogen (secondary N) is 1. The van der Waals surface area contributed by atoms with Gasteiger partial charge in [0, 0.05) is 27.1 Å². The molecule has 9 heteroatoms. The minimum absolute atomic E-state index is 0.0355. The molecule has 0 atom stereocenters. The van der Waals surface area contributed by atoms with Crippen LogP contribution in [0.2, 0.25) is 0 Å². The lowest BCUT2D eigenvalue weighted by Gasteiger charge is -2.17. The lowest BCUT2D eigenvalue weighted by Crippen LogP contribution is -2.08. The number of pyridine rings is 1. The van der Waals surface area contributed by atoms with Crippen LogP contribution in [-0.4, -0.2) is 27.7 Å². The van der Waals surface area contributed by atoms with E-state index in [0.29, 0.717) is 23.0 Å².